The van der Waals surface area contributed by atoms with Gasteiger partial charge >= 0.3 is 0 Å². The Balaban J connectivity index is 1.41. The first-order valence-electron chi connectivity index (χ1n) is 9.60. The number of ether oxygens (including phenoxy) is 1. The third-order valence-corrected chi connectivity index (χ3v) is 5.74. The zero-order valence-electron chi connectivity index (χ0n) is 16.2. The van der Waals surface area contributed by atoms with Crippen LogP contribution in [0.25, 0.3) is 0 Å². The van der Waals surface area contributed by atoms with Gasteiger partial charge in [0.05, 0.1) is 12.0 Å². The number of benzene rings is 1. The molecule has 28 heavy (non-hydrogen) atoms. The van der Waals surface area contributed by atoms with Crippen molar-refractivity contribution in [3.05, 3.63) is 52.2 Å². The highest BCUT2D eigenvalue weighted by Crippen LogP contribution is 2.14. The summed E-state index contributed by atoms with van der Waals surface area (Å²) in [5, 5.41) is 4.69. The molecule has 1 N–H and O–H groups in total. The van der Waals surface area contributed by atoms with Crippen molar-refractivity contribution in [2.45, 2.75) is 19.4 Å². The zero-order valence-corrected chi connectivity index (χ0v) is 17.0. The number of hydrogen-bond donors (Lipinski definition) is 1. The molecule has 3 rings (SSSR count). The largest absolute Gasteiger partial charge is 0.497 e. The van der Waals surface area contributed by atoms with Gasteiger partial charge in [-0.2, -0.15) is 0 Å². The lowest BCUT2D eigenvalue weighted by molar-refractivity contribution is -0.130. The number of carbonyl (C=O) groups is 2. The molecule has 0 atom stereocenters. The summed E-state index contributed by atoms with van der Waals surface area (Å²) in [4.78, 5) is 29.4. The predicted octanol–water partition coefficient (Wildman–Crippen LogP) is 2.61. The summed E-state index contributed by atoms with van der Waals surface area (Å²) >= 11 is 1.40. The summed E-state index contributed by atoms with van der Waals surface area (Å²) < 4.78 is 5.20. The average Bonchev–Trinajstić information content (AvgIpc) is 3.16. The number of nitrogens with one attached hydrogen (secondary N) is 1. The van der Waals surface area contributed by atoms with E-state index < -0.39 is 0 Å². The van der Waals surface area contributed by atoms with E-state index in [9.17, 15) is 9.59 Å². The molecule has 1 saturated heterocycles. The molecule has 0 spiro atoms. The Morgan fingerprint density at radius 1 is 1.11 bits per heavy atom. The van der Waals surface area contributed by atoms with Crippen LogP contribution in [-0.4, -0.2) is 61.4 Å². The van der Waals surface area contributed by atoms with Crippen LogP contribution in [0.1, 0.15) is 28.1 Å². The van der Waals surface area contributed by atoms with Crippen LogP contribution in [0.4, 0.5) is 0 Å². The number of carbonyl (C=O) groups excluding carboxylic acids is 2. The summed E-state index contributed by atoms with van der Waals surface area (Å²) in [6, 6.07) is 11.8. The van der Waals surface area contributed by atoms with E-state index in [1.165, 1.54) is 16.9 Å². The first-order chi connectivity index (χ1) is 13.7. The van der Waals surface area contributed by atoms with Crippen LogP contribution in [0.2, 0.25) is 0 Å². The number of nitrogens with zero attached hydrogens (tertiary/aromatic N) is 2. The molecule has 1 aliphatic heterocycles. The van der Waals surface area contributed by atoms with Gasteiger partial charge in [-0.25, -0.2) is 0 Å². The lowest BCUT2D eigenvalue weighted by Gasteiger charge is -2.22. The summed E-state index contributed by atoms with van der Waals surface area (Å²) in [5.41, 5.74) is 1.25. The summed E-state index contributed by atoms with van der Waals surface area (Å²) in [7, 11) is 1.67. The molecule has 0 aliphatic carbocycles. The van der Waals surface area contributed by atoms with Gasteiger partial charge < -0.3 is 15.0 Å². The average molecular weight is 402 g/mol. The summed E-state index contributed by atoms with van der Waals surface area (Å²) in [6.07, 6.45) is 1.30. The van der Waals surface area contributed by atoms with E-state index in [0.717, 1.165) is 44.9 Å². The third-order valence-electron chi connectivity index (χ3n) is 4.88. The topological polar surface area (TPSA) is 61.9 Å². The quantitative estimate of drug-likeness (QED) is 0.775. The number of hydrogen-bond acceptors (Lipinski definition) is 5. The van der Waals surface area contributed by atoms with Crippen LogP contribution >= 0.6 is 11.3 Å². The molecule has 1 aliphatic rings. The van der Waals surface area contributed by atoms with Crippen LogP contribution < -0.4 is 10.1 Å². The maximum Gasteiger partial charge on any atom is 0.261 e. The van der Waals surface area contributed by atoms with Gasteiger partial charge in [0.15, 0.2) is 0 Å². The van der Waals surface area contributed by atoms with Gasteiger partial charge in [0.25, 0.3) is 5.91 Å². The van der Waals surface area contributed by atoms with Crippen LogP contribution in [0.3, 0.4) is 0 Å². The predicted molar refractivity (Wildman–Crippen MR) is 111 cm³/mol. The van der Waals surface area contributed by atoms with E-state index >= 15 is 0 Å². The second-order valence-electron chi connectivity index (χ2n) is 6.84. The zero-order chi connectivity index (χ0) is 19.8. The molecule has 0 bridgehead atoms. The Hall–Kier alpha value is -2.38. The van der Waals surface area contributed by atoms with Gasteiger partial charge in [-0.15, -0.1) is 11.3 Å². The molecule has 0 saturated carbocycles. The van der Waals surface area contributed by atoms with E-state index in [2.05, 4.69) is 22.3 Å². The van der Waals surface area contributed by atoms with Crippen molar-refractivity contribution in [3.8, 4) is 5.75 Å². The molecule has 2 amide bonds. The number of thiophene rings is 1. The standard InChI is InChI=1S/C21H27N3O3S/c1-27-18-7-5-17(6-8-18)16-23-11-3-12-24(14-13-23)20(25)9-10-22-21(26)19-4-2-15-28-19/h2,4-8,15H,3,9-14,16H2,1H3,(H,22,26). The van der Waals surface area contributed by atoms with Crippen LogP contribution in [0.5, 0.6) is 5.75 Å². The van der Waals surface area contributed by atoms with Crippen molar-refractivity contribution >= 4 is 23.2 Å². The normalized spacial score (nSPS) is 15.1. The number of amides is 2. The number of rotatable bonds is 7. The summed E-state index contributed by atoms with van der Waals surface area (Å²) in [5.74, 6) is 0.865. The minimum absolute atomic E-state index is 0.107. The van der Waals surface area contributed by atoms with Gasteiger partial charge in [0.2, 0.25) is 5.91 Å². The van der Waals surface area contributed by atoms with Crippen LogP contribution in [0.15, 0.2) is 41.8 Å². The molecule has 1 aromatic carbocycles. The maximum absolute atomic E-state index is 12.5. The van der Waals surface area contributed by atoms with E-state index in [0.29, 0.717) is 17.8 Å². The Labute approximate surface area is 170 Å². The van der Waals surface area contributed by atoms with Crippen LogP contribution in [0, 0.1) is 0 Å². The minimum atomic E-state index is -0.107. The first kappa shape index (κ1) is 20.4. The van der Waals surface area contributed by atoms with E-state index in [-0.39, 0.29) is 11.8 Å². The van der Waals surface area contributed by atoms with Crippen molar-refractivity contribution < 1.29 is 14.3 Å². The Morgan fingerprint density at radius 2 is 1.93 bits per heavy atom. The van der Waals surface area contributed by atoms with Gasteiger partial charge in [-0.3, -0.25) is 14.5 Å². The maximum atomic E-state index is 12.5. The number of methoxy groups -OCH3 is 1. The Kier molecular flexibility index (Phi) is 7.45. The summed E-state index contributed by atoms with van der Waals surface area (Å²) in [6.45, 7) is 4.60. The van der Waals surface area contributed by atoms with E-state index in [4.69, 9.17) is 4.74 Å². The highest BCUT2D eigenvalue weighted by atomic mass is 32.1. The van der Waals surface area contributed by atoms with Gasteiger partial charge in [-0.05, 0) is 35.6 Å². The van der Waals surface area contributed by atoms with Crippen LogP contribution in [-0.2, 0) is 11.3 Å². The smallest absolute Gasteiger partial charge is 0.261 e. The third kappa shape index (κ3) is 5.81. The molecule has 0 unspecified atom stereocenters. The first-order valence-corrected chi connectivity index (χ1v) is 10.5. The molecule has 150 valence electrons. The highest BCUT2D eigenvalue weighted by molar-refractivity contribution is 7.12. The Morgan fingerprint density at radius 3 is 2.64 bits per heavy atom. The molecule has 6 nitrogen and oxygen atoms in total. The van der Waals surface area contributed by atoms with E-state index in [1.807, 2.05) is 28.5 Å². The fourth-order valence-electron chi connectivity index (χ4n) is 3.30. The molecular weight excluding hydrogens is 374 g/mol. The SMILES string of the molecule is COc1ccc(CN2CCCN(C(=O)CCNC(=O)c3cccs3)CC2)cc1. The molecule has 1 fully saturated rings. The molecule has 1 aromatic heterocycles. The van der Waals surface area contributed by atoms with Crippen molar-refractivity contribution in [2.24, 2.45) is 0 Å². The van der Waals surface area contributed by atoms with Gasteiger partial charge in [0, 0.05) is 45.7 Å². The monoisotopic (exact) mass is 401 g/mol. The van der Waals surface area contributed by atoms with Crippen molar-refractivity contribution in [1.82, 2.24) is 15.1 Å². The molecule has 2 aromatic rings. The fourth-order valence-corrected chi connectivity index (χ4v) is 3.94. The fraction of sp³-hybridized carbons (Fsp3) is 0.429. The van der Waals surface area contributed by atoms with Crippen molar-refractivity contribution in [3.63, 3.8) is 0 Å². The van der Waals surface area contributed by atoms with E-state index in [1.54, 1.807) is 13.2 Å². The molecule has 2 heterocycles. The molecular formula is C21H27N3O3S. The van der Waals surface area contributed by atoms with Crippen molar-refractivity contribution in [1.29, 1.82) is 0 Å². The van der Waals surface area contributed by atoms with Gasteiger partial charge in [-0.1, -0.05) is 18.2 Å². The lowest BCUT2D eigenvalue weighted by Crippen LogP contribution is -2.37. The second kappa shape index (κ2) is 10.2. The molecule has 0 radical (unpaired) electrons. The molecule has 7 heteroatoms. The highest BCUT2D eigenvalue weighted by Gasteiger charge is 2.19. The minimum Gasteiger partial charge on any atom is -0.497 e. The van der Waals surface area contributed by atoms with Crippen molar-refractivity contribution in [2.75, 3.05) is 39.8 Å². The second-order valence-corrected chi connectivity index (χ2v) is 7.79. The Bertz CT molecular complexity index is 762. The lowest BCUT2D eigenvalue weighted by atomic mass is 10.2. The van der Waals surface area contributed by atoms with Gasteiger partial charge in [0.1, 0.15) is 5.75 Å².